The number of ketones is 2. The van der Waals surface area contributed by atoms with Crippen molar-refractivity contribution >= 4 is 29.1 Å². The van der Waals surface area contributed by atoms with Crippen LogP contribution in [0.5, 0.6) is 0 Å². The number of fused-ring (bicyclic) bond motifs is 5. The highest BCUT2D eigenvalue weighted by molar-refractivity contribution is 6.29. The van der Waals surface area contributed by atoms with E-state index in [-0.39, 0.29) is 30.7 Å². The number of carbonyl (C=O) groups excluding carboxylic acids is 3. The van der Waals surface area contributed by atoms with Gasteiger partial charge in [-0.05, 0) is 50.2 Å². The molecular weight excluding hydrogens is 442 g/mol. The summed E-state index contributed by atoms with van der Waals surface area (Å²) in [5.74, 6) is -4.77. The third-order valence-corrected chi connectivity index (χ3v) is 9.36. The van der Waals surface area contributed by atoms with E-state index in [0.29, 0.717) is 6.42 Å². The van der Waals surface area contributed by atoms with Crippen LogP contribution in [0.2, 0.25) is 0 Å². The van der Waals surface area contributed by atoms with Crippen LogP contribution in [0.1, 0.15) is 53.4 Å². The second kappa shape index (κ2) is 7.20. The fourth-order valence-electron chi connectivity index (χ4n) is 7.80. The first-order valence-electron chi connectivity index (χ1n) is 11.1. The summed E-state index contributed by atoms with van der Waals surface area (Å²) in [6.07, 6.45) is 1.49. The first kappa shape index (κ1) is 23.6. The Morgan fingerprint density at radius 2 is 1.97 bits per heavy atom. The molecular formula is C24H29ClF2O5. The summed E-state index contributed by atoms with van der Waals surface area (Å²) in [7, 11) is 0. The summed E-state index contributed by atoms with van der Waals surface area (Å²) in [5, 5.41) is 11.3. The number of aliphatic hydroxyl groups excluding tert-OH is 1. The molecule has 4 rings (SSSR count). The van der Waals surface area contributed by atoms with Crippen LogP contribution in [0.15, 0.2) is 23.6 Å². The Hall–Kier alpha value is -1.60. The molecule has 8 atom stereocenters. The SMILES string of the molecule is CC(=O)O[C@@]1(C(=O)CCl)[C@@H](C)C[C@H]2[C@@H]3CCC4=C(F)C(=O)C=C[C@]4(C)[C@@]3(F)[C@@H](O)C[C@@]21C. The van der Waals surface area contributed by atoms with Crippen molar-refractivity contribution in [3.8, 4) is 0 Å². The number of alkyl halides is 2. The molecule has 8 heteroatoms. The number of hydrogen-bond donors (Lipinski definition) is 1. The van der Waals surface area contributed by atoms with E-state index in [1.165, 1.54) is 19.9 Å². The van der Waals surface area contributed by atoms with Crippen molar-refractivity contribution in [2.45, 2.75) is 70.8 Å². The molecule has 32 heavy (non-hydrogen) atoms. The summed E-state index contributed by atoms with van der Waals surface area (Å²) in [5.41, 5.74) is -6.26. The third kappa shape index (κ3) is 2.55. The van der Waals surface area contributed by atoms with Crippen LogP contribution in [0.4, 0.5) is 8.78 Å². The van der Waals surface area contributed by atoms with Crippen molar-refractivity contribution in [2.24, 2.45) is 28.6 Å². The van der Waals surface area contributed by atoms with Crippen LogP contribution in [0.3, 0.4) is 0 Å². The van der Waals surface area contributed by atoms with Crippen molar-refractivity contribution < 1.29 is 33.0 Å². The summed E-state index contributed by atoms with van der Waals surface area (Å²) < 4.78 is 37.6. The van der Waals surface area contributed by atoms with E-state index in [9.17, 15) is 23.9 Å². The molecule has 0 spiro atoms. The highest BCUT2D eigenvalue weighted by atomic mass is 35.5. The van der Waals surface area contributed by atoms with E-state index in [1.807, 2.05) is 0 Å². The van der Waals surface area contributed by atoms with E-state index >= 15 is 4.39 Å². The smallest absolute Gasteiger partial charge is 0.303 e. The standard InChI is InChI=1S/C24H29ClF2O5/c1-12-9-16-14-5-6-15-20(26)17(29)7-8-21(15,3)23(14,27)18(30)10-22(16,4)24(12,19(31)11-25)32-13(2)28/h7-8,12,14,16,18,30H,5-6,9-11H2,1-4H3/t12-,14-,16-,18-,21-,22-,23-,24+/m0/s1. The van der Waals surface area contributed by atoms with Gasteiger partial charge in [-0.2, -0.15) is 0 Å². The molecule has 0 aromatic rings. The molecule has 0 aliphatic heterocycles. The Bertz CT molecular complexity index is 962. The molecule has 0 amide bonds. The van der Waals surface area contributed by atoms with Gasteiger partial charge in [-0.25, -0.2) is 8.78 Å². The minimum absolute atomic E-state index is 0.0838. The van der Waals surface area contributed by atoms with E-state index < -0.39 is 69.3 Å². The predicted octanol–water partition coefficient (Wildman–Crippen LogP) is 4.01. The Kier molecular flexibility index (Phi) is 5.30. The van der Waals surface area contributed by atoms with Gasteiger partial charge in [-0.15, -0.1) is 11.6 Å². The monoisotopic (exact) mass is 470 g/mol. The van der Waals surface area contributed by atoms with Gasteiger partial charge >= 0.3 is 5.97 Å². The normalized spacial score (nSPS) is 47.6. The lowest BCUT2D eigenvalue weighted by Crippen LogP contribution is -2.70. The molecule has 0 saturated heterocycles. The molecule has 0 aromatic carbocycles. The summed E-state index contributed by atoms with van der Waals surface area (Å²) in [6.45, 7) is 6.31. The quantitative estimate of drug-likeness (QED) is 0.498. The summed E-state index contributed by atoms with van der Waals surface area (Å²) >= 11 is 5.94. The number of hydrogen-bond acceptors (Lipinski definition) is 5. The second-order valence-corrected chi connectivity index (χ2v) is 10.6. The van der Waals surface area contributed by atoms with E-state index in [1.54, 1.807) is 13.8 Å². The number of aliphatic hydroxyl groups is 1. The first-order chi connectivity index (χ1) is 14.8. The van der Waals surface area contributed by atoms with Gasteiger partial charge in [0.15, 0.2) is 22.9 Å². The van der Waals surface area contributed by atoms with Crippen molar-refractivity contribution in [1.29, 1.82) is 0 Å². The van der Waals surface area contributed by atoms with E-state index in [0.717, 1.165) is 6.08 Å². The zero-order valence-electron chi connectivity index (χ0n) is 18.7. The van der Waals surface area contributed by atoms with Crippen molar-refractivity contribution in [1.82, 2.24) is 0 Å². The number of rotatable bonds is 3. The highest BCUT2D eigenvalue weighted by Crippen LogP contribution is 2.71. The molecule has 5 nitrogen and oxygen atoms in total. The Morgan fingerprint density at radius 3 is 2.56 bits per heavy atom. The van der Waals surface area contributed by atoms with Crippen LogP contribution in [-0.2, 0) is 19.1 Å². The third-order valence-electron chi connectivity index (χ3n) is 9.11. The minimum atomic E-state index is -2.24. The maximum Gasteiger partial charge on any atom is 0.303 e. The van der Waals surface area contributed by atoms with Gasteiger partial charge in [0.1, 0.15) is 0 Å². The van der Waals surface area contributed by atoms with Gasteiger partial charge in [0.05, 0.1) is 12.0 Å². The Balaban J connectivity index is 1.88. The van der Waals surface area contributed by atoms with Crippen LogP contribution < -0.4 is 0 Å². The summed E-state index contributed by atoms with van der Waals surface area (Å²) in [6, 6.07) is 0. The average Bonchev–Trinajstić information content (AvgIpc) is 2.93. The molecule has 1 N–H and O–H groups in total. The lowest BCUT2D eigenvalue weighted by molar-refractivity contribution is -0.226. The first-order valence-corrected chi connectivity index (χ1v) is 11.6. The predicted molar refractivity (Wildman–Crippen MR) is 113 cm³/mol. The van der Waals surface area contributed by atoms with Crippen LogP contribution in [0.25, 0.3) is 0 Å². The van der Waals surface area contributed by atoms with Crippen molar-refractivity contribution in [3.05, 3.63) is 23.6 Å². The van der Waals surface area contributed by atoms with Crippen LogP contribution in [-0.4, -0.2) is 45.9 Å². The van der Waals surface area contributed by atoms with Gasteiger partial charge in [-0.1, -0.05) is 19.9 Å². The molecule has 0 aromatic heterocycles. The molecule has 3 fully saturated rings. The van der Waals surface area contributed by atoms with E-state index in [4.69, 9.17) is 16.3 Å². The number of allylic oxidation sites excluding steroid dienone is 4. The van der Waals surface area contributed by atoms with Gasteiger partial charge in [-0.3, -0.25) is 14.4 Å². The second-order valence-electron chi connectivity index (χ2n) is 10.4. The minimum Gasteiger partial charge on any atom is -0.450 e. The number of carbonyl (C=O) groups is 3. The topological polar surface area (TPSA) is 80.7 Å². The Labute approximate surface area is 191 Å². The lowest BCUT2D eigenvalue weighted by atomic mass is 9.44. The molecule has 0 unspecified atom stereocenters. The van der Waals surface area contributed by atoms with Gasteiger partial charge < -0.3 is 9.84 Å². The average molecular weight is 471 g/mol. The number of Topliss-reactive ketones (excluding diaryl/α,β-unsaturated/α-hetero) is 1. The number of ether oxygens (including phenoxy) is 1. The Morgan fingerprint density at radius 1 is 1.31 bits per heavy atom. The molecule has 0 heterocycles. The maximum atomic E-state index is 17.1. The van der Waals surface area contributed by atoms with Crippen molar-refractivity contribution in [2.75, 3.05) is 5.88 Å². The van der Waals surface area contributed by atoms with Crippen LogP contribution in [0, 0.1) is 28.6 Å². The maximum absolute atomic E-state index is 17.1. The molecule has 4 aliphatic carbocycles. The number of halogens is 3. The van der Waals surface area contributed by atoms with Gasteiger partial charge in [0.2, 0.25) is 5.78 Å². The zero-order chi connectivity index (χ0) is 23.9. The van der Waals surface area contributed by atoms with E-state index in [2.05, 4.69) is 0 Å². The molecule has 0 radical (unpaired) electrons. The van der Waals surface area contributed by atoms with Crippen molar-refractivity contribution in [3.63, 3.8) is 0 Å². The lowest BCUT2D eigenvalue weighted by Gasteiger charge is -2.62. The summed E-state index contributed by atoms with van der Waals surface area (Å²) in [4.78, 5) is 37.2. The van der Waals surface area contributed by atoms with Gasteiger partial charge in [0, 0.05) is 29.6 Å². The largest absolute Gasteiger partial charge is 0.450 e. The van der Waals surface area contributed by atoms with Crippen LogP contribution >= 0.6 is 11.6 Å². The zero-order valence-corrected chi connectivity index (χ0v) is 19.5. The van der Waals surface area contributed by atoms with Gasteiger partial charge in [0.25, 0.3) is 0 Å². The molecule has 4 aliphatic rings. The molecule has 176 valence electrons. The fraction of sp³-hybridized carbons (Fsp3) is 0.708. The molecule has 0 bridgehead atoms. The fourth-order valence-corrected chi connectivity index (χ4v) is 8.00. The highest BCUT2D eigenvalue weighted by Gasteiger charge is 2.77. The number of esters is 1. The molecule has 3 saturated carbocycles.